The number of H-pyrrole nitrogens is 1. The second kappa shape index (κ2) is 38.1. The van der Waals surface area contributed by atoms with Crippen molar-refractivity contribution in [1.82, 2.24) is 35.2 Å². The molecule has 0 aliphatic heterocycles. The van der Waals surface area contributed by atoms with Crippen molar-refractivity contribution in [3.63, 3.8) is 0 Å². The third-order valence-electron chi connectivity index (χ3n) is 39.4. The van der Waals surface area contributed by atoms with Gasteiger partial charge in [0, 0.05) is 102 Å². The summed E-state index contributed by atoms with van der Waals surface area (Å²) in [7, 11) is 1.72. The normalized spacial score (nSPS) is 42.0. The highest BCUT2D eigenvalue weighted by Crippen LogP contribution is 2.74. The summed E-state index contributed by atoms with van der Waals surface area (Å²) in [5.41, 5.74) is -4.33. The zero-order chi connectivity index (χ0) is 101. The summed E-state index contributed by atoms with van der Waals surface area (Å²) in [5.74, 6) is 0.695. The number of tetrazole rings is 1. The van der Waals surface area contributed by atoms with Gasteiger partial charge in [-0.15, -0.1) is 28.6 Å². The number of aliphatic hydroxyl groups excluding tert-OH is 4. The Morgan fingerprint density at radius 3 is 1.15 bits per heavy atom. The van der Waals surface area contributed by atoms with Crippen LogP contribution in [0, 0.1) is 138 Å². The van der Waals surface area contributed by atoms with E-state index in [9.17, 15) is 79.2 Å². The number of carbonyl (C=O) groups excluding carboxylic acids is 8. The Bertz CT molecular complexity index is 6160. The van der Waals surface area contributed by atoms with E-state index in [1.165, 1.54) is 51.7 Å². The van der Waals surface area contributed by atoms with Crippen LogP contribution in [0.1, 0.15) is 193 Å². The molecule has 141 heavy (non-hydrogen) atoms. The van der Waals surface area contributed by atoms with Crippen LogP contribution >= 0.6 is 81.9 Å². The van der Waals surface area contributed by atoms with Crippen molar-refractivity contribution in [3.8, 4) is 5.75 Å². The molecule has 16 aliphatic rings. The summed E-state index contributed by atoms with van der Waals surface area (Å²) in [6.45, 7) is 27.0. The fraction of sp³-hybridized carbons (Fsp3) is 0.609. The van der Waals surface area contributed by atoms with Crippen LogP contribution in [0.2, 0.25) is 15.1 Å². The lowest BCUT2D eigenvalue weighted by atomic mass is 9.46. The predicted octanol–water partition coefficient (Wildman–Crippen LogP) is 17.6. The van der Waals surface area contributed by atoms with Crippen LogP contribution in [0.5, 0.6) is 5.75 Å². The molecule has 20 unspecified atom stereocenters. The first-order valence-electron chi connectivity index (χ1n) is 50.4. The van der Waals surface area contributed by atoms with E-state index < -0.39 is 68.5 Å². The number of aromatic amines is 1. The minimum absolute atomic E-state index is 0.00392. The van der Waals surface area contributed by atoms with Gasteiger partial charge in [-0.2, -0.15) is 0 Å². The number of thioether (sulfide) groups is 4. The number of nitrogens with zero attached hydrogens (tertiary/aromatic N) is 6. The summed E-state index contributed by atoms with van der Waals surface area (Å²) in [6, 6.07) is 12.6. The number of allylic oxidation sites excluding steroid dienone is 16. The second-order valence-corrected chi connectivity index (χ2v) is 51.1. The minimum atomic E-state index is -1.56. The number of aromatic nitrogens is 7. The lowest BCUT2D eigenvalue weighted by molar-refractivity contribution is -0.180. The summed E-state index contributed by atoms with van der Waals surface area (Å²) < 4.78 is 7.09. The highest BCUT2D eigenvalue weighted by molar-refractivity contribution is 8.00. The van der Waals surface area contributed by atoms with Gasteiger partial charge in [0.15, 0.2) is 51.4 Å². The van der Waals surface area contributed by atoms with E-state index in [0.717, 1.165) is 121 Å². The van der Waals surface area contributed by atoms with E-state index in [0.29, 0.717) is 62.6 Å². The maximum atomic E-state index is 13.9. The Hall–Kier alpha value is -6.84. The van der Waals surface area contributed by atoms with Gasteiger partial charge >= 0.3 is 0 Å². The molecule has 24 nitrogen and oxygen atoms in total. The van der Waals surface area contributed by atoms with Crippen LogP contribution in [0.3, 0.4) is 0 Å². The van der Waals surface area contributed by atoms with Crippen molar-refractivity contribution in [2.24, 2.45) is 145 Å². The first-order valence-corrected chi connectivity index (χ1v) is 55.5. The number of hydrogen-bond acceptors (Lipinski definition) is 26. The van der Waals surface area contributed by atoms with Crippen molar-refractivity contribution >= 4 is 139 Å². The number of rotatable bonds is 18. The van der Waals surface area contributed by atoms with Crippen LogP contribution in [0.25, 0.3) is 11.0 Å². The molecule has 32 atom stereocenters. The third kappa shape index (κ3) is 16.6. The molecule has 3 aromatic heterocycles. The molecule has 2 aromatic carbocycles. The Kier molecular flexibility index (Phi) is 28.1. The Morgan fingerprint density at radius 1 is 0.461 bits per heavy atom. The molecule has 0 bridgehead atoms. The van der Waals surface area contributed by atoms with E-state index in [4.69, 9.17) is 39.5 Å². The zero-order valence-corrected chi connectivity index (χ0v) is 88.3. The van der Waals surface area contributed by atoms with Gasteiger partial charge in [-0.1, -0.05) is 188 Å². The van der Waals surface area contributed by atoms with Crippen molar-refractivity contribution in [2.45, 2.75) is 260 Å². The maximum Gasteiger partial charge on any atom is 0.209 e. The molecule has 12 fully saturated rings. The smallest absolute Gasteiger partial charge is 0.209 e. The van der Waals surface area contributed by atoms with Gasteiger partial charge in [-0.3, -0.25) is 43.3 Å². The van der Waals surface area contributed by atoms with Gasteiger partial charge < -0.3 is 50.6 Å². The number of aliphatic hydroxyl groups is 8. The number of nitrogens with one attached hydrogen (secondary N) is 1. The number of hydrogen-bond donors (Lipinski definition) is 9. The highest BCUT2D eigenvalue weighted by Gasteiger charge is 2.76. The van der Waals surface area contributed by atoms with E-state index in [-0.39, 0.29) is 186 Å². The monoisotopic (exact) mass is 2060 g/mol. The first-order chi connectivity index (χ1) is 66.5. The zero-order valence-electron chi connectivity index (χ0n) is 82.7. The Labute approximate surface area is 857 Å². The van der Waals surface area contributed by atoms with Gasteiger partial charge in [-0.05, 0) is 276 Å². The molecule has 0 radical (unpaired) electrons. The van der Waals surface area contributed by atoms with Crippen molar-refractivity contribution in [3.05, 3.63) is 165 Å². The quantitative estimate of drug-likeness (QED) is 0.0291. The van der Waals surface area contributed by atoms with Crippen LogP contribution in [-0.4, -0.2) is 199 Å². The molecule has 5 aromatic rings. The fourth-order valence-electron chi connectivity index (χ4n) is 32.7. The molecule has 0 amide bonds. The Balaban J connectivity index is 0.000000125. The van der Waals surface area contributed by atoms with E-state index in [1.54, 1.807) is 80.2 Å². The molecule has 0 spiro atoms. The number of fused-ring (bicyclic) bond motifs is 21. The molecule has 9 N–H and O–H groups in total. The summed E-state index contributed by atoms with van der Waals surface area (Å²) in [5, 5.41) is 108. The molecular weight excluding hydrogens is 1930 g/mol. The number of Topliss-reactive ketones (excluding diaryl/α,β-unsaturated/α-hetero) is 4. The molecule has 12 saturated carbocycles. The number of pyridine rings is 1. The number of carbonyl (C=O) groups is 8. The van der Waals surface area contributed by atoms with Crippen LogP contribution in [0.15, 0.2) is 170 Å². The van der Waals surface area contributed by atoms with Crippen molar-refractivity contribution in [2.75, 3.05) is 29.6 Å². The Morgan fingerprint density at radius 2 is 0.801 bits per heavy atom. The van der Waals surface area contributed by atoms with E-state index in [2.05, 4.69) is 58.2 Å². The third-order valence-corrected chi connectivity index (χ3v) is 44.5. The number of ketones is 8. The molecular formula is C110H134Cl3N7O17S4. The first kappa shape index (κ1) is 104. The molecule has 756 valence electrons. The van der Waals surface area contributed by atoms with Crippen LogP contribution in [-0.2, 0) is 45.4 Å². The number of benzene rings is 2. The molecule has 0 saturated heterocycles. The van der Waals surface area contributed by atoms with Crippen LogP contribution in [0.4, 0.5) is 0 Å². The van der Waals surface area contributed by atoms with Gasteiger partial charge in [0.25, 0.3) is 0 Å². The number of aryl methyl sites for hydroxylation is 1. The van der Waals surface area contributed by atoms with Crippen molar-refractivity contribution < 1.29 is 83.9 Å². The predicted molar refractivity (Wildman–Crippen MR) is 545 cm³/mol. The van der Waals surface area contributed by atoms with E-state index in [1.807, 2.05) is 117 Å². The van der Waals surface area contributed by atoms with Gasteiger partial charge in [-0.25, -0.2) is 9.67 Å². The lowest BCUT2D eigenvalue weighted by Crippen LogP contribution is -2.62. The van der Waals surface area contributed by atoms with Gasteiger partial charge in [0.05, 0.1) is 80.1 Å². The fourth-order valence-corrected chi connectivity index (χ4v) is 36.8. The summed E-state index contributed by atoms with van der Waals surface area (Å²) >= 11 is 23.7. The molecule has 3 heterocycles. The highest BCUT2D eigenvalue weighted by atomic mass is 35.5. The summed E-state index contributed by atoms with van der Waals surface area (Å²) in [6.07, 6.45) is 33.3. The SMILES string of the molecule is CCOc1ccc2nc(SCC(=O)[C@@]3(O)[C@H](C)CC4C5CCC6=CC(=O)C=CC6(C)C5[C@@H](O)CC43C)[nH]c2c1.C[C@@H]1CC2C3CCC4=CC(=O)C=CC4(C)C3[C@@H](O)CC2(C)[C@@]1(O)C(=O)CSc1cc(Cl)c(Cl)cc1Cl.C[C@@H]1CC2C3CCC4=CC(=O)C=CC4(C)C3[C@@H](O)CC2(C)[C@@]1(O)C(=O)CSc1ccncc1.C[C@@H]1CC2C3CCC4=CC(=O)C=CC4(C)C3[C@@H](O)CC2(C)[C@@]1(O)C(=O)CSc1nnnn1C. The number of ether oxygens (including phenoxy) is 1. The second-order valence-electron chi connectivity index (χ2n) is 45.9. The number of imidazole rings is 1. The van der Waals surface area contributed by atoms with Crippen LogP contribution < -0.4 is 4.74 Å². The van der Waals surface area contributed by atoms with E-state index >= 15 is 0 Å². The lowest BCUT2D eigenvalue weighted by Gasteiger charge is -2.59. The topological polar surface area (TPSA) is 393 Å². The molecule has 21 rings (SSSR count). The maximum absolute atomic E-state index is 13.9. The molecule has 16 aliphatic carbocycles. The largest absolute Gasteiger partial charge is 0.494 e. The van der Waals surface area contributed by atoms with Crippen molar-refractivity contribution in [1.29, 1.82) is 0 Å². The van der Waals surface area contributed by atoms with Gasteiger partial charge in [0.1, 0.15) is 28.2 Å². The average Bonchev–Trinajstić information content (AvgIpc) is 1.56. The standard InChI is InChI=1S/C31H38N2O5S.C28H31Cl3O4S.C27H33NO4S.C24H32N4O4S/c1-5-38-20-7-9-23-24(14-20)33-28(32-23)39-16-26(36)31(37)17(2)12-22-21-8-6-18-13-19(34)10-11-29(18,3)27(21)25(35)15-30(22,31)4;1-14-8-18-17-5-4-15-9-16(32)6-7-26(15,2)25(17)22(33)12-27(18,3)28(14,35)24(34)13-36-23-11-20(30)19(29)10-21(23)31;1-16-12-21-20-5-4-17-13-18(29)6-9-25(17,2)24(20)22(30)14-26(21,3)27(16,32)23(31)15-33-19-7-10-28-11-8-19;1-13-9-17-16-6-5-14-10-15(29)7-8-22(14,2)20(16)18(30)11-23(17,3)24(13,32)19(31)12-33-21-25-26-27-28(21)4/h7,9-11,13-14,17,21-22,25,27,35,37H,5-6,8,12,15-16H2,1-4H3,(H,32,33);6-7,9-11,14,17-18,22,25,33,35H,4-5,8,12-13H2,1-3H3;6-11,13,16,20-22,24,30,32H,4-5,12,14-15H2,1-3H3;7-8,10,13,16-18,20,30,32H,5-6,9,11-12H2,1-4H3/t17-,21?,22?,25+,27?,29?,30?,31+;14-,17?,18?,22+,25?,26?,27?,28+;16-,20?,21?,22+,24?,25?,26?,27+;13-,16?,17?,18+,20?,22?,23?,24+/m1111/s1. The number of halogens is 3. The average molecular weight is 2060 g/mol. The summed E-state index contributed by atoms with van der Waals surface area (Å²) in [4.78, 5) is 116. The molecule has 31 heteroatoms. The minimum Gasteiger partial charge on any atom is -0.494 e. The van der Waals surface area contributed by atoms with Gasteiger partial charge in [0.2, 0.25) is 5.16 Å².